The highest BCUT2D eigenvalue weighted by Gasteiger charge is 2.33. The van der Waals surface area contributed by atoms with Gasteiger partial charge in [-0.25, -0.2) is 4.99 Å². The zero-order valence-electron chi connectivity index (χ0n) is 24.1. The summed E-state index contributed by atoms with van der Waals surface area (Å²) < 4.78 is 14.9. The molecule has 45 heavy (non-hydrogen) atoms. The summed E-state index contributed by atoms with van der Waals surface area (Å²) in [5, 5.41) is 11.7. The van der Waals surface area contributed by atoms with E-state index in [-0.39, 0.29) is 11.2 Å². The molecule has 1 atom stereocenters. The third kappa shape index (κ3) is 5.48. The summed E-state index contributed by atoms with van der Waals surface area (Å²) in [6.07, 6.45) is 3.35. The average Bonchev–Trinajstić information content (AvgIpc) is 3.37. The molecule has 0 amide bonds. The smallest absolute Gasteiger partial charge is 0.271 e. The van der Waals surface area contributed by atoms with Gasteiger partial charge in [-0.1, -0.05) is 78.1 Å². The summed E-state index contributed by atoms with van der Waals surface area (Å²) in [5.74, 6) is 1.20. The SMILES string of the molecule is COc1cc(/C=c2/sc3n(c2=O)C(c2cccc([N+](=O)[O-])c2)C2=C(N=3)c3ccccc3CC2)cc(I)c1OCc1ccccc1. The number of rotatable bonds is 7. The van der Waals surface area contributed by atoms with Crippen LogP contribution in [-0.4, -0.2) is 16.6 Å². The number of aryl methyl sites for hydroxylation is 1. The van der Waals surface area contributed by atoms with Crippen molar-refractivity contribution in [3.63, 3.8) is 0 Å². The van der Waals surface area contributed by atoms with Crippen LogP contribution in [0.4, 0.5) is 5.69 Å². The molecule has 0 fully saturated rings. The first-order valence-corrected chi connectivity index (χ1v) is 16.2. The van der Waals surface area contributed by atoms with Crippen molar-refractivity contribution in [3.8, 4) is 11.5 Å². The molecular weight excluding hydrogens is 701 g/mol. The molecule has 1 unspecified atom stereocenters. The maximum absolute atomic E-state index is 14.2. The first kappa shape index (κ1) is 29.2. The fraction of sp³-hybridized carbons (Fsp3) is 0.143. The molecule has 0 bridgehead atoms. The van der Waals surface area contributed by atoms with Crippen LogP contribution < -0.4 is 24.4 Å². The number of benzene rings is 4. The van der Waals surface area contributed by atoms with Crippen LogP contribution in [0.2, 0.25) is 0 Å². The normalized spacial score (nSPS) is 15.5. The van der Waals surface area contributed by atoms with E-state index in [1.165, 1.54) is 23.0 Å². The molecule has 2 aliphatic rings. The summed E-state index contributed by atoms with van der Waals surface area (Å²) in [4.78, 5) is 31.1. The third-order valence-electron chi connectivity index (χ3n) is 8.05. The summed E-state index contributed by atoms with van der Waals surface area (Å²) in [6.45, 7) is 0.399. The number of hydrogen-bond donors (Lipinski definition) is 0. The van der Waals surface area contributed by atoms with E-state index in [9.17, 15) is 14.9 Å². The van der Waals surface area contributed by atoms with Crippen LogP contribution in [0.15, 0.2) is 106 Å². The first-order valence-electron chi connectivity index (χ1n) is 14.3. The highest BCUT2D eigenvalue weighted by atomic mass is 127. The highest BCUT2D eigenvalue weighted by molar-refractivity contribution is 14.1. The van der Waals surface area contributed by atoms with Crippen molar-refractivity contribution < 1.29 is 14.4 Å². The second kappa shape index (κ2) is 12.1. The van der Waals surface area contributed by atoms with Gasteiger partial charge in [-0.2, -0.15) is 0 Å². The lowest BCUT2D eigenvalue weighted by Crippen LogP contribution is -2.38. The first-order chi connectivity index (χ1) is 21.9. The highest BCUT2D eigenvalue weighted by Crippen LogP contribution is 2.42. The van der Waals surface area contributed by atoms with Gasteiger partial charge in [0.1, 0.15) is 6.61 Å². The van der Waals surface area contributed by atoms with Crippen molar-refractivity contribution in [2.24, 2.45) is 4.99 Å². The van der Waals surface area contributed by atoms with Gasteiger partial charge in [0.2, 0.25) is 0 Å². The largest absolute Gasteiger partial charge is 0.493 e. The Morgan fingerprint density at radius 1 is 1.04 bits per heavy atom. The monoisotopic (exact) mass is 727 g/mol. The lowest BCUT2D eigenvalue weighted by atomic mass is 9.83. The van der Waals surface area contributed by atoms with Gasteiger partial charge in [-0.15, -0.1) is 0 Å². The Bertz CT molecular complexity index is 2190. The molecule has 10 heteroatoms. The van der Waals surface area contributed by atoms with E-state index in [1.807, 2.05) is 66.7 Å². The number of ether oxygens (including phenoxy) is 2. The fourth-order valence-corrected chi connectivity index (χ4v) is 7.76. The minimum atomic E-state index is -0.505. The number of halogens is 1. The van der Waals surface area contributed by atoms with Gasteiger partial charge >= 0.3 is 0 Å². The summed E-state index contributed by atoms with van der Waals surface area (Å²) in [6, 6.07) is 28.0. The van der Waals surface area contributed by atoms with E-state index in [1.54, 1.807) is 23.8 Å². The van der Waals surface area contributed by atoms with E-state index in [4.69, 9.17) is 14.5 Å². The summed E-state index contributed by atoms with van der Waals surface area (Å²) in [5.41, 5.74) is 6.39. The Balaban J connectivity index is 1.35. The zero-order chi connectivity index (χ0) is 31.1. The molecule has 2 heterocycles. The van der Waals surface area contributed by atoms with Crippen LogP contribution in [0, 0.1) is 13.7 Å². The summed E-state index contributed by atoms with van der Waals surface area (Å²) in [7, 11) is 1.60. The maximum Gasteiger partial charge on any atom is 0.271 e. The molecule has 8 nitrogen and oxygen atoms in total. The molecule has 4 aromatic carbocycles. The van der Waals surface area contributed by atoms with Gasteiger partial charge in [0.05, 0.1) is 31.9 Å². The van der Waals surface area contributed by atoms with Crippen molar-refractivity contribution in [2.75, 3.05) is 7.11 Å². The van der Waals surface area contributed by atoms with Crippen molar-refractivity contribution in [3.05, 3.63) is 158 Å². The van der Waals surface area contributed by atoms with E-state index in [0.717, 1.165) is 38.0 Å². The molecule has 5 aromatic rings. The van der Waals surface area contributed by atoms with E-state index >= 15 is 0 Å². The zero-order valence-corrected chi connectivity index (χ0v) is 27.1. The van der Waals surface area contributed by atoms with Crippen LogP contribution in [0.5, 0.6) is 11.5 Å². The van der Waals surface area contributed by atoms with Gasteiger partial charge in [0.15, 0.2) is 16.3 Å². The van der Waals surface area contributed by atoms with Crippen LogP contribution in [0.1, 0.15) is 40.3 Å². The standard InChI is InChI=1S/C35H26IN3O5S/c1-43-29-17-22(16-28(36)33(29)44-20-21-8-3-2-4-9-21)18-30-34(40)38-32(24-11-7-12-25(19-24)39(41)42)27-15-14-23-10-5-6-13-26(23)31(27)37-35(38)45-30/h2-13,16-19,32H,14-15,20H2,1H3/b30-18+. The number of aromatic nitrogens is 1. The maximum atomic E-state index is 14.2. The molecule has 1 aliphatic heterocycles. The lowest BCUT2D eigenvalue weighted by molar-refractivity contribution is -0.384. The van der Waals surface area contributed by atoms with Crippen LogP contribution in [0.3, 0.4) is 0 Å². The molecule has 0 radical (unpaired) electrons. The lowest BCUT2D eigenvalue weighted by Gasteiger charge is -2.30. The predicted molar refractivity (Wildman–Crippen MR) is 182 cm³/mol. The number of thiazole rings is 1. The van der Waals surface area contributed by atoms with E-state index in [2.05, 4.69) is 34.7 Å². The van der Waals surface area contributed by atoms with Crippen molar-refractivity contribution in [2.45, 2.75) is 25.5 Å². The molecule has 1 aliphatic carbocycles. The fourth-order valence-electron chi connectivity index (χ4n) is 5.98. The van der Waals surface area contributed by atoms with Crippen LogP contribution in [0.25, 0.3) is 11.8 Å². The number of nitro groups is 1. The molecule has 1 aromatic heterocycles. The minimum Gasteiger partial charge on any atom is -0.493 e. The van der Waals surface area contributed by atoms with Crippen LogP contribution in [-0.2, 0) is 13.0 Å². The Hall–Kier alpha value is -4.55. The predicted octanol–water partition coefficient (Wildman–Crippen LogP) is 6.42. The van der Waals surface area contributed by atoms with Gasteiger partial charge in [0.25, 0.3) is 11.2 Å². The van der Waals surface area contributed by atoms with Crippen molar-refractivity contribution in [1.29, 1.82) is 0 Å². The number of hydrogen-bond acceptors (Lipinski definition) is 7. The number of nitro benzene ring substituents is 1. The van der Waals surface area contributed by atoms with Gasteiger partial charge in [-0.3, -0.25) is 19.5 Å². The second-order valence-corrected chi connectivity index (χ2v) is 12.9. The quantitative estimate of drug-likeness (QED) is 0.110. The molecule has 0 saturated heterocycles. The topological polar surface area (TPSA) is 96.0 Å². The molecule has 0 spiro atoms. The molecule has 7 rings (SSSR count). The van der Waals surface area contributed by atoms with Crippen LogP contribution >= 0.6 is 33.9 Å². The molecular formula is C35H26IN3O5S. The Labute approximate surface area is 275 Å². The van der Waals surface area contributed by atoms with Gasteiger partial charge in [0, 0.05) is 17.7 Å². The van der Waals surface area contributed by atoms with E-state index in [0.29, 0.717) is 39.4 Å². The van der Waals surface area contributed by atoms with E-state index < -0.39 is 11.0 Å². The second-order valence-electron chi connectivity index (χ2n) is 10.8. The number of allylic oxidation sites excluding steroid dienone is 1. The van der Waals surface area contributed by atoms with Crippen molar-refractivity contribution in [1.82, 2.24) is 4.57 Å². The van der Waals surface area contributed by atoms with Gasteiger partial charge < -0.3 is 9.47 Å². The number of non-ortho nitro benzene ring substituents is 1. The van der Waals surface area contributed by atoms with Gasteiger partial charge in [-0.05, 0) is 81.5 Å². The van der Waals surface area contributed by atoms with Crippen molar-refractivity contribution >= 4 is 51.4 Å². The third-order valence-corrected chi connectivity index (χ3v) is 9.83. The number of methoxy groups -OCH3 is 1. The number of fused-ring (bicyclic) bond motifs is 3. The Morgan fingerprint density at radius 2 is 1.84 bits per heavy atom. The minimum absolute atomic E-state index is 0.0128. The molecule has 224 valence electrons. The average molecular weight is 728 g/mol. The molecule has 0 N–H and O–H groups in total. The summed E-state index contributed by atoms with van der Waals surface area (Å²) >= 11 is 3.54. The number of nitrogens with zero attached hydrogens (tertiary/aromatic N) is 3. The molecule has 0 saturated carbocycles. The Morgan fingerprint density at radius 3 is 2.64 bits per heavy atom. The Kier molecular flexibility index (Phi) is 7.84.